The Morgan fingerprint density at radius 3 is 2.44 bits per heavy atom. The van der Waals surface area contributed by atoms with Crippen LogP contribution in [-0.2, 0) is 0 Å². The van der Waals surface area contributed by atoms with Crippen molar-refractivity contribution >= 4 is 0 Å². The minimum atomic E-state index is 0.483. The SMILES string of the molecule is COc1ccc(C(C)N2CCNCC2)c(C)c1C. The Hall–Kier alpha value is -1.06. The average Bonchev–Trinajstić information content (AvgIpc) is 2.42. The summed E-state index contributed by atoms with van der Waals surface area (Å²) in [5.41, 5.74) is 4.05. The van der Waals surface area contributed by atoms with Gasteiger partial charge in [0.15, 0.2) is 0 Å². The summed E-state index contributed by atoms with van der Waals surface area (Å²) in [4.78, 5) is 2.55. The van der Waals surface area contributed by atoms with Crippen molar-refractivity contribution in [3.8, 4) is 5.75 Å². The summed E-state index contributed by atoms with van der Waals surface area (Å²) in [5.74, 6) is 0.990. The molecule has 2 rings (SSSR count). The fourth-order valence-corrected chi connectivity index (χ4v) is 2.76. The van der Waals surface area contributed by atoms with Crippen molar-refractivity contribution in [1.29, 1.82) is 0 Å². The number of hydrogen-bond donors (Lipinski definition) is 1. The lowest BCUT2D eigenvalue weighted by Gasteiger charge is -2.34. The van der Waals surface area contributed by atoms with E-state index in [0.717, 1.165) is 31.9 Å². The molecule has 1 aromatic carbocycles. The second-order valence-electron chi connectivity index (χ2n) is 5.07. The van der Waals surface area contributed by atoms with Crippen LogP contribution < -0.4 is 10.1 Å². The molecule has 0 spiro atoms. The van der Waals surface area contributed by atoms with Gasteiger partial charge in [-0.1, -0.05) is 6.07 Å². The Bertz CT molecular complexity index is 411. The molecule has 3 nitrogen and oxygen atoms in total. The summed E-state index contributed by atoms with van der Waals surface area (Å²) >= 11 is 0. The first-order valence-electron chi connectivity index (χ1n) is 6.74. The summed E-state index contributed by atoms with van der Waals surface area (Å²) in [5, 5.41) is 3.40. The summed E-state index contributed by atoms with van der Waals surface area (Å²) in [6.07, 6.45) is 0. The van der Waals surface area contributed by atoms with Crippen LogP contribution in [0.15, 0.2) is 12.1 Å². The molecule has 100 valence electrons. The lowest BCUT2D eigenvalue weighted by molar-refractivity contribution is 0.185. The first-order chi connectivity index (χ1) is 8.65. The fraction of sp³-hybridized carbons (Fsp3) is 0.600. The number of methoxy groups -OCH3 is 1. The zero-order valence-electron chi connectivity index (χ0n) is 11.9. The van der Waals surface area contributed by atoms with Crippen molar-refractivity contribution in [2.45, 2.75) is 26.8 Å². The smallest absolute Gasteiger partial charge is 0.122 e. The molecule has 1 aliphatic rings. The number of piperazine rings is 1. The van der Waals surface area contributed by atoms with E-state index in [0.29, 0.717) is 6.04 Å². The maximum Gasteiger partial charge on any atom is 0.122 e. The second-order valence-corrected chi connectivity index (χ2v) is 5.07. The molecule has 1 unspecified atom stereocenters. The Balaban J connectivity index is 2.24. The number of benzene rings is 1. The predicted molar refractivity (Wildman–Crippen MR) is 75.3 cm³/mol. The van der Waals surface area contributed by atoms with Crippen LogP contribution in [0.5, 0.6) is 5.75 Å². The molecule has 1 heterocycles. The van der Waals surface area contributed by atoms with E-state index in [1.807, 2.05) is 0 Å². The van der Waals surface area contributed by atoms with Gasteiger partial charge in [-0.15, -0.1) is 0 Å². The van der Waals surface area contributed by atoms with Crippen LogP contribution in [-0.4, -0.2) is 38.2 Å². The maximum atomic E-state index is 5.38. The van der Waals surface area contributed by atoms with E-state index >= 15 is 0 Å². The van der Waals surface area contributed by atoms with Gasteiger partial charge >= 0.3 is 0 Å². The second kappa shape index (κ2) is 5.72. The molecule has 0 aromatic heterocycles. The summed E-state index contributed by atoms with van der Waals surface area (Å²) in [6, 6.07) is 4.79. The first-order valence-corrected chi connectivity index (χ1v) is 6.74. The molecule has 1 fully saturated rings. The van der Waals surface area contributed by atoms with Crippen LogP contribution in [0.4, 0.5) is 0 Å². The van der Waals surface area contributed by atoms with Gasteiger partial charge in [0.05, 0.1) is 7.11 Å². The third kappa shape index (κ3) is 2.52. The van der Waals surface area contributed by atoms with Crippen molar-refractivity contribution in [1.82, 2.24) is 10.2 Å². The minimum Gasteiger partial charge on any atom is -0.496 e. The van der Waals surface area contributed by atoms with Gasteiger partial charge in [0.25, 0.3) is 0 Å². The molecule has 0 radical (unpaired) electrons. The summed E-state index contributed by atoms with van der Waals surface area (Å²) in [6.45, 7) is 11.1. The number of nitrogens with zero attached hydrogens (tertiary/aromatic N) is 1. The van der Waals surface area contributed by atoms with E-state index in [1.54, 1.807) is 7.11 Å². The number of rotatable bonds is 3. The van der Waals surface area contributed by atoms with E-state index in [1.165, 1.54) is 16.7 Å². The molecular weight excluding hydrogens is 224 g/mol. The highest BCUT2D eigenvalue weighted by Crippen LogP contribution is 2.30. The molecule has 0 aliphatic carbocycles. The van der Waals surface area contributed by atoms with E-state index in [2.05, 4.69) is 43.1 Å². The van der Waals surface area contributed by atoms with E-state index in [-0.39, 0.29) is 0 Å². The highest BCUT2D eigenvalue weighted by Gasteiger charge is 2.20. The van der Waals surface area contributed by atoms with Gasteiger partial charge in [0.2, 0.25) is 0 Å². The zero-order chi connectivity index (χ0) is 13.1. The molecule has 3 heteroatoms. The standard InChI is InChI=1S/C15H24N2O/c1-11-12(2)15(18-4)6-5-14(11)13(3)17-9-7-16-8-10-17/h5-6,13,16H,7-10H2,1-4H3. The van der Waals surface area contributed by atoms with Crippen LogP contribution >= 0.6 is 0 Å². The topological polar surface area (TPSA) is 24.5 Å². The van der Waals surface area contributed by atoms with Crippen LogP contribution in [0.3, 0.4) is 0 Å². The molecule has 18 heavy (non-hydrogen) atoms. The van der Waals surface area contributed by atoms with Crippen molar-refractivity contribution < 1.29 is 4.74 Å². The molecule has 0 amide bonds. The Morgan fingerprint density at radius 1 is 1.17 bits per heavy atom. The van der Waals surface area contributed by atoms with E-state index in [9.17, 15) is 0 Å². The molecule has 1 aromatic rings. The lowest BCUT2D eigenvalue weighted by atomic mass is 9.96. The molecule has 1 saturated heterocycles. The van der Waals surface area contributed by atoms with Crippen molar-refractivity contribution in [3.63, 3.8) is 0 Å². The summed E-state index contributed by atoms with van der Waals surface area (Å²) in [7, 11) is 1.74. The Labute approximate surface area is 110 Å². The predicted octanol–water partition coefficient (Wildman–Crippen LogP) is 2.28. The number of ether oxygens (including phenoxy) is 1. The first kappa shape index (κ1) is 13.4. The van der Waals surface area contributed by atoms with Crippen molar-refractivity contribution in [2.24, 2.45) is 0 Å². The van der Waals surface area contributed by atoms with Crippen molar-refractivity contribution in [3.05, 3.63) is 28.8 Å². The molecule has 1 atom stereocenters. The van der Waals surface area contributed by atoms with Crippen LogP contribution in [0.1, 0.15) is 29.7 Å². The van der Waals surface area contributed by atoms with Gasteiger partial charge < -0.3 is 10.1 Å². The van der Waals surface area contributed by atoms with Gasteiger partial charge in [-0.05, 0) is 43.5 Å². The maximum absolute atomic E-state index is 5.38. The fourth-order valence-electron chi connectivity index (χ4n) is 2.76. The average molecular weight is 248 g/mol. The van der Waals surface area contributed by atoms with Crippen LogP contribution in [0.2, 0.25) is 0 Å². The van der Waals surface area contributed by atoms with Crippen molar-refractivity contribution in [2.75, 3.05) is 33.3 Å². The van der Waals surface area contributed by atoms with Gasteiger partial charge in [0.1, 0.15) is 5.75 Å². The third-order valence-electron chi connectivity index (χ3n) is 4.15. The van der Waals surface area contributed by atoms with Crippen LogP contribution in [0, 0.1) is 13.8 Å². The highest BCUT2D eigenvalue weighted by atomic mass is 16.5. The lowest BCUT2D eigenvalue weighted by Crippen LogP contribution is -2.44. The van der Waals surface area contributed by atoms with Gasteiger partial charge in [-0.2, -0.15) is 0 Å². The molecule has 0 saturated carbocycles. The van der Waals surface area contributed by atoms with Gasteiger partial charge in [0, 0.05) is 32.2 Å². The Morgan fingerprint density at radius 2 is 1.83 bits per heavy atom. The van der Waals surface area contributed by atoms with Gasteiger partial charge in [-0.3, -0.25) is 4.90 Å². The molecule has 1 N–H and O–H groups in total. The highest BCUT2D eigenvalue weighted by molar-refractivity contribution is 5.44. The molecular formula is C15H24N2O. The van der Waals surface area contributed by atoms with Crippen LogP contribution in [0.25, 0.3) is 0 Å². The zero-order valence-corrected chi connectivity index (χ0v) is 11.9. The molecule has 0 bridgehead atoms. The van der Waals surface area contributed by atoms with Gasteiger partial charge in [-0.25, -0.2) is 0 Å². The Kier molecular flexibility index (Phi) is 4.25. The van der Waals surface area contributed by atoms with E-state index < -0.39 is 0 Å². The minimum absolute atomic E-state index is 0.483. The largest absolute Gasteiger partial charge is 0.496 e. The monoisotopic (exact) mass is 248 g/mol. The molecule has 1 aliphatic heterocycles. The number of nitrogens with one attached hydrogen (secondary N) is 1. The third-order valence-corrected chi connectivity index (χ3v) is 4.15. The number of hydrogen-bond acceptors (Lipinski definition) is 3. The van der Waals surface area contributed by atoms with E-state index in [4.69, 9.17) is 4.74 Å². The summed E-state index contributed by atoms with van der Waals surface area (Å²) < 4.78 is 5.38. The quantitative estimate of drug-likeness (QED) is 0.888. The normalized spacial score (nSPS) is 18.7.